The van der Waals surface area contributed by atoms with Crippen molar-refractivity contribution < 1.29 is 19.7 Å². The predicted molar refractivity (Wildman–Crippen MR) is 162 cm³/mol. The molecule has 4 atom stereocenters. The van der Waals surface area contributed by atoms with Crippen molar-refractivity contribution in [2.24, 2.45) is 0 Å². The zero-order chi connectivity index (χ0) is 28.9. The van der Waals surface area contributed by atoms with Crippen LogP contribution in [0, 0.1) is 0 Å². The summed E-state index contributed by atoms with van der Waals surface area (Å²) in [5, 5.41) is 25.0. The maximum atomic E-state index is 10.9. The lowest BCUT2D eigenvalue weighted by atomic mass is 9.91. The van der Waals surface area contributed by atoms with Gasteiger partial charge >= 0.3 is 0 Å². The standard InChI is InChI=1S/C32H33N5O4S/c1-40-18-25-28(38)29(39)32(41-25)37-20-34-27-30(35-26(36-31(27)37)19-42-23-15-9-4-10-16-23)33-17-24(21-11-5-2-6-12-21)22-13-7-3-8-14-22/h2-16,20,24-25,28-29,32,38-39H,17-19H2,1H3,(H,33,35,36)/t25-,28-,29-,32-/m1/s1. The van der Waals surface area contributed by atoms with Crippen LogP contribution in [0.1, 0.15) is 29.1 Å². The summed E-state index contributed by atoms with van der Waals surface area (Å²) in [6, 6.07) is 30.9. The zero-order valence-electron chi connectivity index (χ0n) is 23.2. The molecule has 2 aromatic heterocycles. The number of nitrogens with zero attached hydrogens (tertiary/aromatic N) is 4. The molecule has 0 bridgehead atoms. The molecule has 42 heavy (non-hydrogen) atoms. The second kappa shape index (κ2) is 13.0. The fraction of sp³-hybridized carbons (Fsp3) is 0.281. The number of imidazole rings is 1. The van der Waals surface area contributed by atoms with Gasteiger partial charge in [-0.15, -0.1) is 11.8 Å². The number of nitrogens with one attached hydrogen (secondary N) is 1. The number of thioether (sulfide) groups is 1. The van der Waals surface area contributed by atoms with Crippen molar-refractivity contribution in [1.82, 2.24) is 19.5 Å². The third kappa shape index (κ3) is 6.04. The number of methoxy groups -OCH3 is 1. The highest BCUT2D eigenvalue weighted by Crippen LogP contribution is 2.34. The Morgan fingerprint density at radius 3 is 2.19 bits per heavy atom. The molecule has 3 N–H and O–H groups in total. The van der Waals surface area contributed by atoms with Crippen LogP contribution in [0.25, 0.3) is 11.2 Å². The van der Waals surface area contributed by atoms with Crippen molar-refractivity contribution in [2.45, 2.75) is 41.1 Å². The molecule has 1 aliphatic rings. The molecular weight excluding hydrogens is 550 g/mol. The second-order valence-corrected chi connectivity index (χ2v) is 11.2. The van der Waals surface area contributed by atoms with Gasteiger partial charge in [0.15, 0.2) is 23.2 Å². The van der Waals surface area contributed by atoms with Crippen LogP contribution < -0.4 is 5.32 Å². The molecule has 0 radical (unpaired) electrons. The molecule has 9 nitrogen and oxygen atoms in total. The molecule has 10 heteroatoms. The number of ether oxygens (including phenoxy) is 2. The van der Waals surface area contributed by atoms with Gasteiger partial charge in [-0.3, -0.25) is 4.57 Å². The summed E-state index contributed by atoms with van der Waals surface area (Å²) in [4.78, 5) is 15.5. The first kappa shape index (κ1) is 28.3. The molecule has 0 aliphatic carbocycles. The molecule has 3 heterocycles. The van der Waals surface area contributed by atoms with E-state index in [4.69, 9.17) is 19.4 Å². The maximum Gasteiger partial charge on any atom is 0.168 e. The first-order valence-corrected chi connectivity index (χ1v) is 14.9. The van der Waals surface area contributed by atoms with Crippen molar-refractivity contribution in [3.63, 3.8) is 0 Å². The molecule has 1 saturated heterocycles. The van der Waals surface area contributed by atoms with Gasteiger partial charge in [0.05, 0.1) is 18.7 Å². The molecule has 6 rings (SSSR count). The third-order valence-corrected chi connectivity index (χ3v) is 8.41. The molecule has 0 unspecified atom stereocenters. The quantitative estimate of drug-likeness (QED) is 0.192. The second-order valence-electron chi connectivity index (χ2n) is 10.2. The van der Waals surface area contributed by atoms with Crippen LogP contribution in [0.5, 0.6) is 0 Å². The van der Waals surface area contributed by atoms with Crippen molar-refractivity contribution in [1.29, 1.82) is 0 Å². The van der Waals surface area contributed by atoms with Crippen LogP contribution in [0.15, 0.2) is 102 Å². The Bertz CT molecular complexity index is 1550. The van der Waals surface area contributed by atoms with E-state index < -0.39 is 24.5 Å². The van der Waals surface area contributed by atoms with Gasteiger partial charge < -0.3 is 25.0 Å². The number of aromatic nitrogens is 4. The minimum atomic E-state index is -1.17. The summed E-state index contributed by atoms with van der Waals surface area (Å²) in [6.07, 6.45) is -2.23. The van der Waals surface area contributed by atoms with Gasteiger partial charge in [0, 0.05) is 24.5 Å². The Labute approximate surface area is 248 Å². The summed E-state index contributed by atoms with van der Waals surface area (Å²) in [6.45, 7) is 0.734. The topological polar surface area (TPSA) is 115 Å². The number of aliphatic hydroxyl groups is 2. The first-order valence-electron chi connectivity index (χ1n) is 13.9. The molecule has 0 amide bonds. The van der Waals surface area contributed by atoms with Gasteiger partial charge in [-0.05, 0) is 23.3 Å². The minimum absolute atomic E-state index is 0.0755. The van der Waals surface area contributed by atoms with E-state index in [1.807, 2.05) is 54.6 Å². The monoisotopic (exact) mass is 583 g/mol. The van der Waals surface area contributed by atoms with Crippen molar-refractivity contribution in [3.8, 4) is 0 Å². The van der Waals surface area contributed by atoms with Gasteiger partial charge in [0.1, 0.15) is 24.1 Å². The Balaban J connectivity index is 1.35. The number of anilines is 1. The van der Waals surface area contributed by atoms with Gasteiger partial charge in [-0.2, -0.15) is 0 Å². The molecular formula is C32H33N5O4S. The van der Waals surface area contributed by atoms with E-state index in [2.05, 4.69) is 46.7 Å². The zero-order valence-corrected chi connectivity index (χ0v) is 24.0. The molecule has 0 spiro atoms. The molecule has 1 aliphatic heterocycles. The van der Waals surface area contributed by atoms with E-state index >= 15 is 0 Å². The highest BCUT2D eigenvalue weighted by Gasteiger charge is 2.44. The summed E-state index contributed by atoms with van der Waals surface area (Å²) in [5.74, 6) is 1.81. The van der Waals surface area contributed by atoms with E-state index in [-0.39, 0.29) is 12.5 Å². The lowest BCUT2D eigenvalue weighted by Crippen LogP contribution is -2.33. The van der Waals surface area contributed by atoms with Crippen LogP contribution in [0.2, 0.25) is 0 Å². The summed E-state index contributed by atoms with van der Waals surface area (Å²) < 4.78 is 12.9. The predicted octanol–water partition coefficient (Wildman–Crippen LogP) is 4.63. The Morgan fingerprint density at radius 2 is 1.55 bits per heavy atom. The minimum Gasteiger partial charge on any atom is -0.387 e. The van der Waals surface area contributed by atoms with Gasteiger partial charge in [-0.25, -0.2) is 15.0 Å². The maximum absolute atomic E-state index is 10.9. The van der Waals surface area contributed by atoms with E-state index in [1.165, 1.54) is 18.2 Å². The number of hydrogen-bond acceptors (Lipinski definition) is 9. The fourth-order valence-electron chi connectivity index (χ4n) is 5.26. The van der Waals surface area contributed by atoms with Gasteiger partial charge in [0.2, 0.25) is 0 Å². The molecule has 0 saturated carbocycles. The average Bonchev–Trinajstić information content (AvgIpc) is 3.58. The largest absolute Gasteiger partial charge is 0.387 e. The highest BCUT2D eigenvalue weighted by atomic mass is 32.2. The van der Waals surface area contributed by atoms with Gasteiger partial charge in [0.25, 0.3) is 0 Å². The van der Waals surface area contributed by atoms with Crippen LogP contribution in [0.3, 0.4) is 0 Å². The van der Waals surface area contributed by atoms with E-state index in [9.17, 15) is 10.2 Å². The molecule has 5 aromatic rings. The summed E-state index contributed by atoms with van der Waals surface area (Å²) in [5.41, 5.74) is 3.45. The molecule has 216 valence electrons. The van der Waals surface area contributed by atoms with Crippen LogP contribution >= 0.6 is 11.8 Å². The van der Waals surface area contributed by atoms with Crippen LogP contribution in [0.4, 0.5) is 5.82 Å². The third-order valence-electron chi connectivity index (χ3n) is 7.40. The SMILES string of the molecule is COC[C@H]1O[C@@H](n2cnc3c(NCC(c4ccccc4)c4ccccc4)nc(CSc4ccccc4)nc32)[C@H](O)[C@@H]1O. The number of aliphatic hydroxyl groups excluding tert-OH is 2. The normalized spacial score (nSPS) is 20.4. The van der Waals surface area contributed by atoms with Crippen molar-refractivity contribution in [2.75, 3.05) is 25.6 Å². The van der Waals surface area contributed by atoms with E-state index in [0.717, 1.165) is 4.90 Å². The highest BCUT2D eigenvalue weighted by molar-refractivity contribution is 7.98. The van der Waals surface area contributed by atoms with Gasteiger partial charge in [-0.1, -0.05) is 78.9 Å². The number of hydrogen-bond donors (Lipinski definition) is 3. The molecule has 1 fully saturated rings. The van der Waals surface area contributed by atoms with E-state index in [0.29, 0.717) is 35.1 Å². The summed E-state index contributed by atoms with van der Waals surface area (Å²) >= 11 is 1.64. The number of benzene rings is 3. The van der Waals surface area contributed by atoms with E-state index in [1.54, 1.807) is 22.7 Å². The lowest BCUT2D eigenvalue weighted by molar-refractivity contribution is -0.0580. The Morgan fingerprint density at radius 1 is 0.905 bits per heavy atom. The van der Waals surface area contributed by atoms with Crippen LogP contribution in [-0.2, 0) is 15.2 Å². The number of fused-ring (bicyclic) bond motifs is 1. The Kier molecular flexibility index (Phi) is 8.78. The summed E-state index contributed by atoms with van der Waals surface area (Å²) in [7, 11) is 1.53. The van der Waals surface area contributed by atoms with Crippen LogP contribution in [-0.4, -0.2) is 68.3 Å². The van der Waals surface area contributed by atoms with Crippen molar-refractivity contribution in [3.05, 3.63) is 114 Å². The Hall–Kier alpha value is -3.80. The number of rotatable bonds is 11. The average molecular weight is 584 g/mol. The van der Waals surface area contributed by atoms with Crippen molar-refractivity contribution >= 4 is 28.7 Å². The lowest BCUT2D eigenvalue weighted by Gasteiger charge is -2.20. The molecule has 3 aromatic carbocycles. The fourth-order valence-corrected chi connectivity index (χ4v) is 6.03. The first-order chi connectivity index (χ1) is 20.6. The smallest absolute Gasteiger partial charge is 0.168 e.